The summed E-state index contributed by atoms with van der Waals surface area (Å²) >= 11 is 0. The second-order valence-corrected chi connectivity index (χ2v) is 5.92. The third-order valence-corrected chi connectivity index (χ3v) is 4.50. The van der Waals surface area contributed by atoms with Crippen LogP contribution in [0.4, 0.5) is 0 Å². The number of amides is 1. The lowest BCUT2D eigenvalue weighted by Crippen LogP contribution is -2.49. The minimum Gasteiger partial charge on any atom is -0.497 e. The van der Waals surface area contributed by atoms with E-state index < -0.39 is 6.04 Å². The van der Waals surface area contributed by atoms with Gasteiger partial charge in [0, 0.05) is 23.6 Å². The van der Waals surface area contributed by atoms with Crippen LogP contribution in [0.1, 0.15) is 24.8 Å². The number of hydrogen-bond donors (Lipinski definition) is 0. The predicted molar refractivity (Wildman–Crippen MR) is 87.8 cm³/mol. The van der Waals surface area contributed by atoms with Crippen LogP contribution in [0.3, 0.4) is 0 Å². The lowest BCUT2D eigenvalue weighted by atomic mass is 10.0. The van der Waals surface area contributed by atoms with Crippen molar-refractivity contribution in [1.82, 2.24) is 4.90 Å². The second-order valence-electron chi connectivity index (χ2n) is 5.92. The first-order valence-corrected chi connectivity index (χ1v) is 8.05. The van der Waals surface area contributed by atoms with Crippen LogP contribution in [0.2, 0.25) is 0 Å². The number of furan rings is 1. The van der Waals surface area contributed by atoms with E-state index in [0.29, 0.717) is 24.3 Å². The number of nitrogens with zero attached hydrogens (tertiary/aromatic N) is 1. The Balaban J connectivity index is 1.79. The highest BCUT2D eigenvalue weighted by molar-refractivity contribution is 5.90. The first-order chi connectivity index (χ1) is 11.6. The van der Waals surface area contributed by atoms with Crippen LogP contribution in [0, 0.1) is 0 Å². The normalized spacial score (nSPS) is 17.8. The number of fused-ring (bicyclic) bond motifs is 1. The van der Waals surface area contributed by atoms with Crippen molar-refractivity contribution in [2.45, 2.75) is 31.7 Å². The van der Waals surface area contributed by atoms with Gasteiger partial charge in [-0.05, 0) is 31.4 Å². The summed E-state index contributed by atoms with van der Waals surface area (Å²) in [4.78, 5) is 26.3. The average Bonchev–Trinajstić information content (AvgIpc) is 3.02. The van der Waals surface area contributed by atoms with Gasteiger partial charge in [0.25, 0.3) is 0 Å². The minimum absolute atomic E-state index is 0.0800. The Kier molecular flexibility index (Phi) is 4.74. The van der Waals surface area contributed by atoms with Gasteiger partial charge >= 0.3 is 5.97 Å². The summed E-state index contributed by atoms with van der Waals surface area (Å²) in [7, 11) is 2.95. The summed E-state index contributed by atoms with van der Waals surface area (Å²) in [5.74, 6) is 0.282. The molecule has 1 atom stereocenters. The Morgan fingerprint density at radius 2 is 2.12 bits per heavy atom. The fraction of sp³-hybridized carbons (Fsp3) is 0.444. The molecule has 1 fully saturated rings. The molecule has 6 nitrogen and oxygen atoms in total. The highest BCUT2D eigenvalue weighted by Gasteiger charge is 2.33. The van der Waals surface area contributed by atoms with Crippen molar-refractivity contribution in [1.29, 1.82) is 0 Å². The van der Waals surface area contributed by atoms with Crippen LogP contribution in [0.5, 0.6) is 5.75 Å². The Hall–Kier alpha value is -2.50. The van der Waals surface area contributed by atoms with Gasteiger partial charge in [-0.3, -0.25) is 4.79 Å². The number of piperidine rings is 1. The first kappa shape index (κ1) is 16.4. The van der Waals surface area contributed by atoms with E-state index in [4.69, 9.17) is 13.9 Å². The Morgan fingerprint density at radius 1 is 1.29 bits per heavy atom. The summed E-state index contributed by atoms with van der Waals surface area (Å²) in [6, 6.07) is 5.04. The summed E-state index contributed by atoms with van der Waals surface area (Å²) in [6.45, 7) is 0.586. The summed E-state index contributed by atoms with van der Waals surface area (Å²) < 4.78 is 15.5. The Morgan fingerprint density at radius 3 is 2.88 bits per heavy atom. The third-order valence-electron chi connectivity index (χ3n) is 4.50. The molecule has 128 valence electrons. The van der Waals surface area contributed by atoms with Crippen molar-refractivity contribution >= 4 is 22.8 Å². The van der Waals surface area contributed by atoms with Gasteiger partial charge in [0.05, 0.1) is 26.9 Å². The molecule has 2 aromatic rings. The van der Waals surface area contributed by atoms with Gasteiger partial charge in [0.1, 0.15) is 17.4 Å². The lowest BCUT2D eigenvalue weighted by Gasteiger charge is -2.33. The standard InChI is InChI=1S/C18H21NO5/c1-22-13-6-7-14-12(11-24-16(14)10-13)9-17(20)19-8-4-3-5-15(19)18(21)23-2/h6-7,10-11,15H,3-5,8-9H2,1-2H3. The zero-order chi connectivity index (χ0) is 17.1. The van der Waals surface area contributed by atoms with Crippen LogP contribution in [-0.4, -0.2) is 43.6 Å². The molecule has 0 N–H and O–H groups in total. The number of likely N-dealkylation sites (tertiary alicyclic amines) is 1. The maximum atomic E-state index is 12.7. The fourth-order valence-corrected chi connectivity index (χ4v) is 3.20. The number of carbonyl (C=O) groups excluding carboxylic acids is 2. The fourth-order valence-electron chi connectivity index (χ4n) is 3.20. The van der Waals surface area contributed by atoms with Crippen LogP contribution < -0.4 is 4.74 Å². The molecule has 1 unspecified atom stereocenters. The van der Waals surface area contributed by atoms with Gasteiger partial charge in [-0.2, -0.15) is 0 Å². The number of hydrogen-bond acceptors (Lipinski definition) is 5. The van der Waals surface area contributed by atoms with E-state index in [2.05, 4.69) is 0 Å². The van der Waals surface area contributed by atoms with Gasteiger partial charge < -0.3 is 18.8 Å². The van der Waals surface area contributed by atoms with Crippen molar-refractivity contribution in [3.05, 3.63) is 30.0 Å². The van der Waals surface area contributed by atoms with E-state index in [1.807, 2.05) is 12.1 Å². The molecule has 0 radical (unpaired) electrons. The molecule has 1 amide bonds. The van der Waals surface area contributed by atoms with Crippen molar-refractivity contribution < 1.29 is 23.5 Å². The number of methoxy groups -OCH3 is 2. The lowest BCUT2D eigenvalue weighted by molar-refractivity contribution is -0.154. The molecular formula is C18H21NO5. The summed E-state index contributed by atoms with van der Waals surface area (Å²) in [5.41, 5.74) is 1.49. The maximum absolute atomic E-state index is 12.7. The van der Waals surface area contributed by atoms with E-state index in [1.54, 1.807) is 24.3 Å². The molecule has 1 saturated heterocycles. The minimum atomic E-state index is -0.477. The third kappa shape index (κ3) is 3.09. The SMILES string of the molecule is COC(=O)C1CCCCN1C(=O)Cc1coc2cc(OC)ccc12. The van der Waals surface area contributed by atoms with E-state index in [0.717, 1.165) is 23.8 Å². The van der Waals surface area contributed by atoms with Crippen molar-refractivity contribution in [3.8, 4) is 5.75 Å². The van der Waals surface area contributed by atoms with Crippen molar-refractivity contribution in [3.63, 3.8) is 0 Å². The number of ether oxygens (including phenoxy) is 2. The summed E-state index contributed by atoms with van der Waals surface area (Å²) in [6.07, 6.45) is 4.29. The van der Waals surface area contributed by atoms with Gasteiger partial charge in [0.15, 0.2) is 0 Å². The van der Waals surface area contributed by atoms with Crippen LogP contribution >= 0.6 is 0 Å². The number of esters is 1. The topological polar surface area (TPSA) is 69.0 Å². The van der Waals surface area contributed by atoms with Gasteiger partial charge in [-0.1, -0.05) is 0 Å². The van der Waals surface area contributed by atoms with Gasteiger partial charge in [0.2, 0.25) is 5.91 Å². The Labute approximate surface area is 140 Å². The molecule has 1 aromatic carbocycles. The van der Waals surface area contributed by atoms with Crippen molar-refractivity contribution in [2.75, 3.05) is 20.8 Å². The van der Waals surface area contributed by atoms with E-state index in [9.17, 15) is 9.59 Å². The van der Waals surface area contributed by atoms with Gasteiger partial charge in [-0.15, -0.1) is 0 Å². The highest BCUT2D eigenvalue weighted by atomic mass is 16.5. The second kappa shape index (κ2) is 6.95. The molecule has 2 heterocycles. The van der Waals surface area contributed by atoms with Crippen LogP contribution in [-0.2, 0) is 20.7 Å². The highest BCUT2D eigenvalue weighted by Crippen LogP contribution is 2.27. The summed E-state index contributed by atoms with van der Waals surface area (Å²) in [5, 5.41) is 0.885. The quantitative estimate of drug-likeness (QED) is 0.805. The van der Waals surface area contributed by atoms with Gasteiger partial charge in [-0.25, -0.2) is 4.79 Å². The van der Waals surface area contributed by atoms with Crippen molar-refractivity contribution in [2.24, 2.45) is 0 Å². The molecule has 0 saturated carbocycles. The molecule has 0 bridgehead atoms. The molecule has 1 aliphatic rings. The average molecular weight is 331 g/mol. The van der Waals surface area contributed by atoms with E-state index in [1.165, 1.54) is 7.11 Å². The van der Waals surface area contributed by atoms with Crippen LogP contribution in [0.15, 0.2) is 28.9 Å². The molecule has 24 heavy (non-hydrogen) atoms. The first-order valence-electron chi connectivity index (χ1n) is 8.05. The van der Waals surface area contributed by atoms with E-state index >= 15 is 0 Å². The number of benzene rings is 1. The predicted octanol–water partition coefficient (Wildman–Crippen LogP) is 2.54. The smallest absolute Gasteiger partial charge is 0.328 e. The monoisotopic (exact) mass is 331 g/mol. The van der Waals surface area contributed by atoms with Crippen LogP contribution in [0.25, 0.3) is 11.0 Å². The molecule has 6 heteroatoms. The largest absolute Gasteiger partial charge is 0.497 e. The molecular weight excluding hydrogens is 310 g/mol. The molecule has 1 aromatic heterocycles. The number of rotatable bonds is 4. The zero-order valence-corrected chi connectivity index (χ0v) is 13.9. The Bertz CT molecular complexity index is 751. The van der Waals surface area contributed by atoms with E-state index in [-0.39, 0.29) is 18.3 Å². The molecule has 1 aliphatic heterocycles. The number of carbonyl (C=O) groups is 2. The maximum Gasteiger partial charge on any atom is 0.328 e. The zero-order valence-electron chi connectivity index (χ0n) is 13.9. The molecule has 3 rings (SSSR count). The molecule has 0 spiro atoms. The molecule has 0 aliphatic carbocycles.